The fraction of sp³-hybridized carbons (Fsp3) is 0.387. The number of carbonyl (C=O) groups excluding carboxylic acids is 5. The molecular formula is C31H36O14. The van der Waals surface area contributed by atoms with Gasteiger partial charge in [0.25, 0.3) is 0 Å². The lowest BCUT2D eigenvalue weighted by Crippen LogP contribution is -2.47. The predicted molar refractivity (Wildman–Crippen MR) is 154 cm³/mol. The van der Waals surface area contributed by atoms with Gasteiger partial charge in [0.1, 0.15) is 6.10 Å². The maximum atomic E-state index is 13.3. The van der Waals surface area contributed by atoms with E-state index in [2.05, 4.69) is 26.3 Å². The summed E-state index contributed by atoms with van der Waals surface area (Å²) in [7, 11) is 0. The average molecular weight is 633 g/mol. The van der Waals surface area contributed by atoms with Crippen LogP contribution in [0.3, 0.4) is 0 Å². The highest BCUT2D eigenvalue weighted by Crippen LogP contribution is 2.35. The highest BCUT2D eigenvalue weighted by molar-refractivity contribution is 5.91. The zero-order valence-electron chi connectivity index (χ0n) is 25.1. The molecule has 0 amide bonds. The maximum Gasteiger partial charge on any atom is 0.338 e. The van der Waals surface area contributed by atoms with Crippen LogP contribution < -0.4 is 9.47 Å². The first-order valence-electron chi connectivity index (χ1n) is 13.5. The Morgan fingerprint density at radius 1 is 0.733 bits per heavy atom. The van der Waals surface area contributed by atoms with Crippen LogP contribution in [0.4, 0.5) is 0 Å². The fourth-order valence-corrected chi connectivity index (χ4v) is 4.19. The Bertz CT molecular complexity index is 1270. The number of carbonyl (C=O) groups is 5. The first-order chi connectivity index (χ1) is 21.5. The molecule has 0 bridgehead atoms. The van der Waals surface area contributed by atoms with Crippen LogP contribution in [0.5, 0.6) is 11.5 Å². The van der Waals surface area contributed by atoms with Crippen molar-refractivity contribution in [3.63, 3.8) is 0 Å². The summed E-state index contributed by atoms with van der Waals surface area (Å²) < 4.78 is 47.9. The number of rotatable bonds is 18. The minimum absolute atomic E-state index is 0.00161. The second-order valence-corrected chi connectivity index (χ2v) is 9.36. The minimum atomic E-state index is -0.742. The van der Waals surface area contributed by atoms with Crippen LogP contribution in [-0.2, 0) is 52.3 Å². The molecule has 0 aromatic heterocycles. The molecular weight excluding hydrogens is 596 g/mol. The molecule has 1 aromatic rings. The highest BCUT2D eigenvalue weighted by atomic mass is 16.7. The van der Waals surface area contributed by atoms with Gasteiger partial charge in [-0.25, -0.2) is 24.0 Å². The van der Waals surface area contributed by atoms with Crippen LogP contribution in [0.15, 0.2) is 62.8 Å². The highest BCUT2D eigenvalue weighted by Gasteiger charge is 2.39. The third kappa shape index (κ3) is 11.9. The van der Waals surface area contributed by atoms with Crippen LogP contribution in [0.2, 0.25) is 0 Å². The van der Waals surface area contributed by atoms with E-state index >= 15 is 0 Å². The number of ether oxygens (including phenoxy) is 9. The maximum absolute atomic E-state index is 13.3. The molecule has 0 N–H and O–H groups in total. The van der Waals surface area contributed by atoms with Crippen molar-refractivity contribution in [1.29, 1.82) is 0 Å². The zero-order valence-corrected chi connectivity index (χ0v) is 25.1. The summed E-state index contributed by atoms with van der Waals surface area (Å²) in [5.74, 6) is -3.69. The lowest BCUT2D eigenvalue weighted by Gasteiger charge is -2.39. The van der Waals surface area contributed by atoms with Crippen molar-refractivity contribution in [2.24, 2.45) is 5.92 Å². The van der Waals surface area contributed by atoms with Crippen LogP contribution in [-0.4, -0.2) is 75.3 Å². The molecule has 1 saturated carbocycles. The molecule has 45 heavy (non-hydrogen) atoms. The van der Waals surface area contributed by atoms with Gasteiger partial charge in [-0.15, -0.1) is 0 Å². The number of hydrogen-bond donors (Lipinski definition) is 0. The number of esters is 5. The van der Waals surface area contributed by atoms with E-state index in [4.69, 9.17) is 42.6 Å². The summed E-state index contributed by atoms with van der Waals surface area (Å²) in [5.41, 5.74) is 0.488. The molecule has 0 spiro atoms. The molecule has 14 heteroatoms. The van der Waals surface area contributed by atoms with Gasteiger partial charge in [-0.1, -0.05) is 33.2 Å². The first kappa shape index (κ1) is 36.2. The summed E-state index contributed by atoms with van der Waals surface area (Å²) in [6, 6.07) is 2.79. The van der Waals surface area contributed by atoms with Crippen LogP contribution >= 0.6 is 0 Å². The van der Waals surface area contributed by atoms with Crippen LogP contribution in [0.1, 0.15) is 35.7 Å². The summed E-state index contributed by atoms with van der Waals surface area (Å²) in [6.45, 7) is 14.9. The molecule has 0 aliphatic heterocycles. The van der Waals surface area contributed by atoms with E-state index in [0.29, 0.717) is 12.0 Å². The predicted octanol–water partition coefficient (Wildman–Crippen LogP) is 3.23. The summed E-state index contributed by atoms with van der Waals surface area (Å²) in [5, 5.41) is 0. The van der Waals surface area contributed by atoms with E-state index < -0.39 is 68.5 Å². The van der Waals surface area contributed by atoms with Gasteiger partial charge in [0.15, 0.2) is 25.1 Å². The van der Waals surface area contributed by atoms with Gasteiger partial charge in [-0.2, -0.15) is 0 Å². The molecule has 0 saturated heterocycles. The Labute approximate surface area is 260 Å². The molecule has 244 valence electrons. The molecule has 4 atom stereocenters. The monoisotopic (exact) mass is 632 g/mol. The Morgan fingerprint density at radius 3 is 1.80 bits per heavy atom. The fourth-order valence-electron chi connectivity index (χ4n) is 4.19. The molecule has 1 aromatic carbocycles. The SMILES string of the molecule is C=CC(=O)OCOc1cc(C(=O)OC2CC(C)C(OCOC(=O)C=C)C(OCOC(=O)C=C)C2)cc(C)c1OCOC(=O)C=C. The van der Waals surface area contributed by atoms with Crippen molar-refractivity contribution < 1.29 is 66.6 Å². The molecule has 1 aliphatic rings. The van der Waals surface area contributed by atoms with Gasteiger partial charge in [0, 0.05) is 30.7 Å². The van der Waals surface area contributed by atoms with Crippen LogP contribution in [0.25, 0.3) is 0 Å². The topological polar surface area (TPSA) is 168 Å². The van der Waals surface area contributed by atoms with E-state index in [1.807, 2.05) is 6.92 Å². The molecule has 0 heterocycles. The molecule has 14 nitrogen and oxygen atoms in total. The molecule has 1 fully saturated rings. The van der Waals surface area contributed by atoms with Crippen molar-refractivity contribution in [1.82, 2.24) is 0 Å². The smallest absolute Gasteiger partial charge is 0.338 e. The van der Waals surface area contributed by atoms with E-state index in [0.717, 1.165) is 24.3 Å². The summed E-state index contributed by atoms with van der Waals surface area (Å²) in [4.78, 5) is 59.1. The zero-order chi connectivity index (χ0) is 33.4. The lowest BCUT2D eigenvalue weighted by molar-refractivity contribution is -0.203. The number of benzene rings is 1. The largest absolute Gasteiger partial charge is 0.459 e. The van der Waals surface area contributed by atoms with E-state index in [-0.39, 0.29) is 36.2 Å². The second kappa shape index (κ2) is 18.7. The van der Waals surface area contributed by atoms with Crippen molar-refractivity contribution in [2.75, 3.05) is 27.2 Å². The number of aryl methyl sites for hydroxylation is 1. The Kier molecular flexibility index (Phi) is 15.0. The van der Waals surface area contributed by atoms with Crippen molar-refractivity contribution in [2.45, 2.75) is 45.0 Å². The second-order valence-electron chi connectivity index (χ2n) is 9.36. The minimum Gasteiger partial charge on any atom is -0.459 e. The van der Waals surface area contributed by atoms with Gasteiger partial charge < -0.3 is 42.6 Å². The van der Waals surface area contributed by atoms with Gasteiger partial charge in [0.05, 0.1) is 17.8 Å². The Hall–Kier alpha value is -4.95. The Morgan fingerprint density at radius 2 is 1.24 bits per heavy atom. The molecule has 4 unspecified atom stereocenters. The van der Waals surface area contributed by atoms with E-state index in [1.54, 1.807) is 6.92 Å². The van der Waals surface area contributed by atoms with Crippen LogP contribution in [0, 0.1) is 12.8 Å². The quantitative estimate of drug-likeness (QED) is 0.100. The first-order valence-corrected chi connectivity index (χ1v) is 13.5. The average Bonchev–Trinajstić information content (AvgIpc) is 3.02. The third-order valence-corrected chi connectivity index (χ3v) is 6.24. The van der Waals surface area contributed by atoms with E-state index in [9.17, 15) is 24.0 Å². The molecule has 1 aliphatic carbocycles. The van der Waals surface area contributed by atoms with Gasteiger partial charge in [0.2, 0.25) is 13.6 Å². The summed E-state index contributed by atoms with van der Waals surface area (Å²) >= 11 is 0. The molecule has 0 radical (unpaired) electrons. The third-order valence-electron chi connectivity index (χ3n) is 6.24. The molecule has 2 rings (SSSR count). The summed E-state index contributed by atoms with van der Waals surface area (Å²) in [6.07, 6.45) is 2.41. The standard InChI is InChI=1S/C31H36O14/c1-7-25(32)39-15-37-23-13-21(11-19(5)29(23)43-17-41-27(34)9-3)31(36)45-22-12-20(6)30(44-18-42-28(35)10-4)24(14-22)38-16-40-26(33)8-2/h7-11,13,20,22,24,30H,1-4,12,14-18H2,5-6H3. The van der Waals surface area contributed by atoms with E-state index in [1.165, 1.54) is 12.1 Å². The van der Waals surface area contributed by atoms with Crippen molar-refractivity contribution in [3.8, 4) is 11.5 Å². The van der Waals surface area contributed by atoms with Gasteiger partial charge >= 0.3 is 29.8 Å². The number of hydrogen-bond acceptors (Lipinski definition) is 14. The van der Waals surface area contributed by atoms with Gasteiger partial charge in [-0.3, -0.25) is 0 Å². The Balaban J connectivity index is 2.21. The van der Waals surface area contributed by atoms with Gasteiger partial charge in [-0.05, 0) is 37.0 Å². The lowest BCUT2D eigenvalue weighted by atomic mass is 9.83. The normalized spacial score (nSPS) is 18.7. The van der Waals surface area contributed by atoms with Crippen molar-refractivity contribution in [3.05, 3.63) is 73.9 Å². The van der Waals surface area contributed by atoms with Crippen molar-refractivity contribution >= 4 is 29.8 Å².